The van der Waals surface area contributed by atoms with Gasteiger partial charge in [0.05, 0.1) is 5.92 Å². The third kappa shape index (κ3) is 3.90. The van der Waals surface area contributed by atoms with Crippen LogP contribution in [0.5, 0.6) is 0 Å². The minimum Gasteiger partial charge on any atom is -0.481 e. The number of carbonyl (C=O) groups excluding carboxylic acids is 1. The highest BCUT2D eigenvalue weighted by molar-refractivity contribution is 5.89. The molecule has 0 saturated heterocycles. The molecule has 1 aromatic rings. The summed E-state index contributed by atoms with van der Waals surface area (Å²) in [7, 11) is 0. The summed E-state index contributed by atoms with van der Waals surface area (Å²) >= 11 is 0. The normalized spacial score (nSPS) is 21.0. The Morgan fingerprint density at radius 2 is 2.00 bits per heavy atom. The molecule has 0 aliphatic heterocycles. The van der Waals surface area contributed by atoms with Crippen LogP contribution in [0.3, 0.4) is 0 Å². The van der Waals surface area contributed by atoms with Crippen LogP contribution in [0.15, 0.2) is 18.2 Å². The van der Waals surface area contributed by atoms with Gasteiger partial charge in [-0.2, -0.15) is 0 Å². The number of carboxylic acids is 1. The quantitative estimate of drug-likeness (QED) is 0.799. The fourth-order valence-electron chi connectivity index (χ4n) is 2.58. The summed E-state index contributed by atoms with van der Waals surface area (Å²) in [5.41, 5.74) is 0.132. The van der Waals surface area contributed by atoms with E-state index >= 15 is 0 Å². The standard InChI is InChI=1S/C14H16F2N2O3/c15-11-5-4-9(6-12(11)16)18-14(21)17-7-8-2-1-3-10(8)13(19)20/h4-6,8,10H,1-3,7H2,(H,19,20)(H2,17,18,21). The molecule has 1 fully saturated rings. The molecule has 1 aromatic carbocycles. The van der Waals surface area contributed by atoms with E-state index in [1.165, 1.54) is 6.07 Å². The molecule has 0 heterocycles. The largest absolute Gasteiger partial charge is 0.481 e. The van der Waals surface area contributed by atoms with Gasteiger partial charge < -0.3 is 15.7 Å². The molecule has 0 radical (unpaired) electrons. The fraction of sp³-hybridized carbons (Fsp3) is 0.429. The maximum atomic E-state index is 13.0. The lowest BCUT2D eigenvalue weighted by Gasteiger charge is -2.16. The summed E-state index contributed by atoms with van der Waals surface area (Å²) in [5, 5.41) is 14.0. The molecule has 0 bridgehead atoms. The van der Waals surface area contributed by atoms with Crippen molar-refractivity contribution in [3.63, 3.8) is 0 Å². The van der Waals surface area contributed by atoms with Crippen LogP contribution in [0.2, 0.25) is 0 Å². The number of nitrogens with one attached hydrogen (secondary N) is 2. The minimum atomic E-state index is -1.05. The molecule has 0 aromatic heterocycles. The van der Waals surface area contributed by atoms with Crippen LogP contribution in [0.1, 0.15) is 19.3 Å². The SMILES string of the molecule is O=C(NCC1CCCC1C(=O)O)Nc1ccc(F)c(F)c1. The molecule has 1 saturated carbocycles. The summed E-state index contributed by atoms with van der Waals surface area (Å²) in [6.07, 6.45) is 2.20. The third-order valence-electron chi connectivity index (χ3n) is 3.68. The Labute approximate surface area is 120 Å². The van der Waals surface area contributed by atoms with Gasteiger partial charge in [-0.3, -0.25) is 4.79 Å². The molecule has 5 nitrogen and oxygen atoms in total. The Morgan fingerprint density at radius 1 is 1.24 bits per heavy atom. The Bertz CT molecular complexity index is 551. The van der Waals surface area contributed by atoms with E-state index in [4.69, 9.17) is 5.11 Å². The highest BCUT2D eigenvalue weighted by atomic mass is 19.2. The Balaban J connectivity index is 1.84. The zero-order valence-electron chi connectivity index (χ0n) is 11.2. The van der Waals surface area contributed by atoms with Crippen LogP contribution in [-0.4, -0.2) is 23.7 Å². The van der Waals surface area contributed by atoms with Crippen molar-refractivity contribution in [3.05, 3.63) is 29.8 Å². The number of carbonyl (C=O) groups is 2. The summed E-state index contributed by atoms with van der Waals surface area (Å²) in [6, 6.07) is 2.47. The first-order chi connectivity index (χ1) is 9.97. The summed E-state index contributed by atoms with van der Waals surface area (Å²) in [6.45, 7) is 0.243. The lowest BCUT2D eigenvalue weighted by atomic mass is 9.96. The van der Waals surface area contributed by atoms with Crippen molar-refractivity contribution in [2.24, 2.45) is 11.8 Å². The van der Waals surface area contributed by atoms with Crippen molar-refractivity contribution >= 4 is 17.7 Å². The number of urea groups is 1. The zero-order chi connectivity index (χ0) is 15.4. The predicted molar refractivity (Wildman–Crippen MR) is 71.8 cm³/mol. The van der Waals surface area contributed by atoms with E-state index in [2.05, 4.69) is 10.6 Å². The van der Waals surface area contributed by atoms with Gasteiger partial charge in [-0.25, -0.2) is 13.6 Å². The van der Waals surface area contributed by atoms with Gasteiger partial charge in [-0.15, -0.1) is 0 Å². The number of anilines is 1. The van der Waals surface area contributed by atoms with Gasteiger partial charge in [-0.1, -0.05) is 6.42 Å². The van der Waals surface area contributed by atoms with E-state index in [0.29, 0.717) is 6.42 Å². The van der Waals surface area contributed by atoms with E-state index in [9.17, 15) is 18.4 Å². The number of halogens is 2. The maximum absolute atomic E-state index is 13.0. The van der Waals surface area contributed by atoms with Crippen LogP contribution in [0.4, 0.5) is 19.3 Å². The number of rotatable bonds is 4. The van der Waals surface area contributed by atoms with Gasteiger partial charge in [0.2, 0.25) is 0 Å². The second kappa shape index (κ2) is 6.51. The molecule has 2 rings (SSSR count). The van der Waals surface area contributed by atoms with E-state index in [1.54, 1.807) is 0 Å². The van der Waals surface area contributed by atoms with Gasteiger partial charge >= 0.3 is 12.0 Å². The summed E-state index contributed by atoms with van der Waals surface area (Å²) in [5.74, 6) is -3.42. The minimum absolute atomic E-state index is 0.0989. The molecule has 7 heteroatoms. The monoisotopic (exact) mass is 298 g/mol. The topological polar surface area (TPSA) is 78.4 Å². The average molecular weight is 298 g/mol. The molecule has 2 atom stereocenters. The molecule has 3 N–H and O–H groups in total. The number of hydrogen-bond acceptors (Lipinski definition) is 2. The number of carboxylic acid groups (broad SMARTS) is 1. The maximum Gasteiger partial charge on any atom is 0.319 e. The van der Waals surface area contributed by atoms with Crippen LogP contribution in [0.25, 0.3) is 0 Å². The molecule has 2 amide bonds. The summed E-state index contributed by atoms with van der Waals surface area (Å²) < 4.78 is 25.7. The zero-order valence-corrected chi connectivity index (χ0v) is 11.2. The van der Waals surface area contributed by atoms with Crippen LogP contribution in [0, 0.1) is 23.5 Å². The fourth-order valence-corrected chi connectivity index (χ4v) is 2.58. The highest BCUT2D eigenvalue weighted by Crippen LogP contribution is 2.31. The lowest BCUT2D eigenvalue weighted by molar-refractivity contribution is -0.142. The number of benzene rings is 1. The predicted octanol–water partition coefficient (Wildman–Crippen LogP) is 2.59. The van der Waals surface area contributed by atoms with Crippen molar-refractivity contribution in [2.75, 3.05) is 11.9 Å². The average Bonchev–Trinajstić information content (AvgIpc) is 2.89. The van der Waals surface area contributed by atoms with Crippen LogP contribution < -0.4 is 10.6 Å². The molecule has 21 heavy (non-hydrogen) atoms. The van der Waals surface area contributed by atoms with Gasteiger partial charge in [0.1, 0.15) is 0 Å². The first-order valence-electron chi connectivity index (χ1n) is 6.70. The van der Waals surface area contributed by atoms with E-state index < -0.39 is 29.6 Å². The molecule has 2 unspecified atom stereocenters. The van der Waals surface area contributed by atoms with Crippen molar-refractivity contribution in [2.45, 2.75) is 19.3 Å². The first kappa shape index (κ1) is 15.2. The Hall–Kier alpha value is -2.18. The molecule has 1 aliphatic carbocycles. The molecular formula is C14H16F2N2O3. The molecule has 1 aliphatic rings. The third-order valence-corrected chi connectivity index (χ3v) is 3.68. The van der Waals surface area contributed by atoms with Crippen molar-refractivity contribution in [1.82, 2.24) is 5.32 Å². The molecule has 0 spiro atoms. The van der Waals surface area contributed by atoms with Crippen molar-refractivity contribution < 1.29 is 23.5 Å². The first-order valence-corrected chi connectivity index (χ1v) is 6.70. The molecular weight excluding hydrogens is 282 g/mol. The van der Waals surface area contributed by atoms with E-state index in [-0.39, 0.29) is 18.2 Å². The van der Waals surface area contributed by atoms with E-state index in [0.717, 1.165) is 25.0 Å². The van der Waals surface area contributed by atoms with Gasteiger partial charge in [0, 0.05) is 18.3 Å². The number of amides is 2. The Kier molecular flexibility index (Phi) is 4.72. The van der Waals surface area contributed by atoms with Gasteiger partial charge in [0.15, 0.2) is 11.6 Å². The van der Waals surface area contributed by atoms with Crippen LogP contribution in [-0.2, 0) is 4.79 Å². The second-order valence-electron chi connectivity index (χ2n) is 5.10. The lowest BCUT2D eigenvalue weighted by Crippen LogP contribution is -2.35. The van der Waals surface area contributed by atoms with E-state index in [1.807, 2.05) is 0 Å². The smallest absolute Gasteiger partial charge is 0.319 e. The summed E-state index contributed by atoms with van der Waals surface area (Å²) in [4.78, 5) is 22.7. The molecule has 114 valence electrons. The number of hydrogen-bond donors (Lipinski definition) is 3. The Morgan fingerprint density at radius 3 is 2.67 bits per heavy atom. The van der Waals surface area contributed by atoms with Gasteiger partial charge in [-0.05, 0) is 30.9 Å². The second-order valence-corrected chi connectivity index (χ2v) is 5.10. The van der Waals surface area contributed by atoms with Gasteiger partial charge in [0.25, 0.3) is 0 Å². The number of aliphatic carboxylic acids is 1. The van der Waals surface area contributed by atoms with Crippen molar-refractivity contribution in [1.29, 1.82) is 0 Å². The highest BCUT2D eigenvalue weighted by Gasteiger charge is 2.32. The van der Waals surface area contributed by atoms with Crippen molar-refractivity contribution in [3.8, 4) is 0 Å². The van der Waals surface area contributed by atoms with Crippen LogP contribution >= 0.6 is 0 Å².